The first-order valence-corrected chi connectivity index (χ1v) is 4.28. The molecule has 2 aromatic rings. The molecule has 1 aromatic heterocycles. The van der Waals surface area contributed by atoms with Gasteiger partial charge in [-0.3, -0.25) is 0 Å². The van der Waals surface area contributed by atoms with Crippen LogP contribution in [-0.4, -0.2) is 6.08 Å². The first kappa shape index (κ1) is 7.22. The Kier molecular flexibility index (Phi) is 1.74. The van der Waals surface area contributed by atoms with Crippen molar-refractivity contribution in [3.63, 3.8) is 0 Å². The van der Waals surface area contributed by atoms with Gasteiger partial charge in [-0.05, 0) is 17.5 Å². The van der Waals surface area contributed by atoms with Gasteiger partial charge in [0.1, 0.15) is 5.00 Å². The summed E-state index contributed by atoms with van der Waals surface area (Å²) in [7, 11) is 0. The molecule has 0 spiro atoms. The molecule has 58 valence electrons. The maximum absolute atomic E-state index is 9.97. The molecule has 0 aliphatic rings. The van der Waals surface area contributed by atoms with Crippen LogP contribution in [0.4, 0.5) is 5.00 Å². The molecule has 3 heteroatoms. The number of aliphatic imine (C=N–C) groups is 1. The summed E-state index contributed by atoms with van der Waals surface area (Å²) < 4.78 is 1.14. The number of nitrogens with zero attached hydrogens (tertiary/aromatic N) is 1. The molecule has 0 atom stereocenters. The number of benzene rings is 1. The molecule has 0 N–H and O–H groups in total. The Labute approximate surface area is 73.2 Å². The average Bonchev–Trinajstić information content (AvgIpc) is 2.47. The summed E-state index contributed by atoms with van der Waals surface area (Å²) in [5.41, 5.74) is 0. The van der Waals surface area contributed by atoms with E-state index in [4.69, 9.17) is 0 Å². The molecule has 0 fully saturated rings. The summed E-state index contributed by atoms with van der Waals surface area (Å²) in [5, 5.41) is 1.84. The highest BCUT2D eigenvalue weighted by atomic mass is 32.1. The third-order valence-corrected chi connectivity index (χ3v) is 2.58. The minimum absolute atomic E-state index is 0.714. The fraction of sp³-hybridized carbons (Fsp3) is 0. The summed E-state index contributed by atoms with van der Waals surface area (Å²) in [5.74, 6) is 0. The second kappa shape index (κ2) is 2.89. The van der Waals surface area contributed by atoms with Gasteiger partial charge in [-0.25, -0.2) is 4.79 Å². The fourth-order valence-electron chi connectivity index (χ4n) is 1.07. The quantitative estimate of drug-likeness (QED) is 0.484. The lowest BCUT2D eigenvalue weighted by Crippen LogP contribution is -1.56. The largest absolute Gasteiger partial charge is 0.241 e. The van der Waals surface area contributed by atoms with Crippen LogP contribution in [0.25, 0.3) is 10.1 Å². The van der Waals surface area contributed by atoms with Crippen LogP contribution in [0.3, 0.4) is 0 Å². The van der Waals surface area contributed by atoms with E-state index < -0.39 is 0 Å². The number of thiophene rings is 1. The zero-order chi connectivity index (χ0) is 8.39. The zero-order valence-electron chi connectivity index (χ0n) is 6.15. The Bertz CT molecular complexity index is 421. The van der Waals surface area contributed by atoms with E-state index in [0.29, 0.717) is 5.00 Å². The van der Waals surface area contributed by atoms with E-state index in [1.807, 2.05) is 30.3 Å². The molecule has 0 aliphatic carbocycles. The predicted molar refractivity (Wildman–Crippen MR) is 49.6 cm³/mol. The maximum atomic E-state index is 9.97. The van der Waals surface area contributed by atoms with Crippen molar-refractivity contribution in [1.29, 1.82) is 0 Å². The highest BCUT2D eigenvalue weighted by Gasteiger charge is 1.97. The van der Waals surface area contributed by atoms with Crippen LogP contribution in [-0.2, 0) is 4.79 Å². The molecule has 2 rings (SSSR count). The standard InChI is InChI=1S/C9H5NOS/c11-6-10-9-5-7-3-1-2-4-8(7)12-9/h1-5H. The van der Waals surface area contributed by atoms with Gasteiger partial charge < -0.3 is 0 Å². The Hall–Kier alpha value is -1.44. The minimum atomic E-state index is 0.714. The van der Waals surface area contributed by atoms with Crippen LogP contribution in [0.5, 0.6) is 0 Å². The van der Waals surface area contributed by atoms with Gasteiger partial charge in [0.2, 0.25) is 6.08 Å². The Morgan fingerprint density at radius 1 is 1.33 bits per heavy atom. The first-order valence-electron chi connectivity index (χ1n) is 3.46. The third kappa shape index (κ3) is 1.16. The van der Waals surface area contributed by atoms with Gasteiger partial charge in [0.15, 0.2) is 0 Å². The number of fused-ring (bicyclic) bond motifs is 1. The SMILES string of the molecule is O=C=Nc1cc2ccccc2s1. The van der Waals surface area contributed by atoms with E-state index in [1.54, 1.807) is 0 Å². The van der Waals surface area contributed by atoms with Gasteiger partial charge in [0, 0.05) is 4.70 Å². The predicted octanol–water partition coefficient (Wildman–Crippen LogP) is 2.87. The van der Waals surface area contributed by atoms with Crippen molar-refractivity contribution in [3.8, 4) is 0 Å². The van der Waals surface area contributed by atoms with Crippen molar-refractivity contribution in [2.75, 3.05) is 0 Å². The molecule has 12 heavy (non-hydrogen) atoms. The van der Waals surface area contributed by atoms with Gasteiger partial charge >= 0.3 is 0 Å². The molecular weight excluding hydrogens is 170 g/mol. The van der Waals surface area contributed by atoms with Gasteiger partial charge in [0.05, 0.1) is 0 Å². The monoisotopic (exact) mass is 175 g/mol. The average molecular weight is 175 g/mol. The minimum Gasteiger partial charge on any atom is -0.211 e. The summed E-state index contributed by atoms with van der Waals surface area (Å²) in [6, 6.07) is 9.81. The highest BCUT2D eigenvalue weighted by Crippen LogP contribution is 2.30. The molecule has 0 saturated carbocycles. The zero-order valence-corrected chi connectivity index (χ0v) is 6.97. The number of hydrogen-bond donors (Lipinski definition) is 0. The lowest BCUT2D eigenvalue weighted by atomic mass is 10.3. The third-order valence-electron chi connectivity index (χ3n) is 1.57. The van der Waals surface area contributed by atoms with Gasteiger partial charge in [-0.2, -0.15) is 4.99 Å². The Balaban J connectivity index is 2.69. The van der Waals surface area contributed by atoms with Crippen LogP contribution in [0.15, 0.2) is 35.3 Å². The molecule has 0 aliphatic heterocycles. The number of carbonyl (C=O) groups excluding carboxylic acids is 1. The molecule has 0 saturated heterocycles. The normalized spacial score (nSPS) is 9.67. The highest BCUT2D eigenvalue weighted by molar-refractivity contribution is 7.22. The van der Waals surface area contributed by atoms with Crippen molar-refractivity contribution < 1.29 is 4.79 Å². The van der Waals surface area contributed by atoms with Gasteiger partial charge in [-0.1, -0.05) is 18.2 Å². The van der Waals surface area contributed by atoms with Crippen LogP contribution in [0.1, 0.15) is 0 Å². The summed E-state index contributed by atoms with van der Waals surface area (Å²) in [6.07, 6.45) is 1.53. The molecule has 1 aromatic carbocycles. The smallest absolute Gasteiger partial charge is 0.211 e. The molecule has 0 radical (unpaired) electrons. The fourth-order valence-corrected chi connectivity index (χ4v) is 1.95. The summed E-state index contributed by atoms with van der Waals surface area (Å²) in [6.45, 7) is 0. The number of isocyanates is 1. The second-order valence-corrected chi connectivity index (χ2v) is 3.39. The maximum Gasteiger partial charge on any atom is 0.241 e. The van der Waals surface area contributed by atoms with E-state index in [9.17, 15) is 4.79 Å². The number of rotatable bonds is 1. The van der Waals surface area contributed by atoms with Crippen LogP contribution in [0.2, 0.25) is 0 Å². The van der Waals surface area contributed by atoms with Crippen LogP contribution < -0.4 is 0 Å². The Morgan fingerprint density at radius 2 is 2.17 bits per heavy atom. The van der Waals surface area contributed by atoms with E-state index in [1.165, 1.54) is 17.4 Å². The van der Waals surface area contributed by atoms with Crippen molar-refractivity contribution in [1.82, 2.24) is 0 Å². The van der Waals surface area contributed by atoms with E-state index >= 15 is 0 Å². The molecule has 0 unspecified atom stereocenters. The topological polar surface area (TPSA) is 29.4 Å². The first-order chi connectivity index (χ1) is 5.90. The molecule has 0 amide bonds. The van der Waals surface area contributed by atoms with Crippen molar-refractivity contribution >= 4 is 32.5 Å². The lowest BCUT2D eigenvalue weighted by molar-refractivity contribution is 0.565. The second-order valence-electron chi connectivity index (χ2n) is 2.33. The van der Waals surface area contributed by atoms with Crippen LogP contribution >= 0.6 is 11.3 Å². The van der Waals surface area contributed by atoms with Crippen molar-refractivity contribution in [2.24, 2.45) is 4.99 Å². The molecule has 1 heterocycles. The number of hydrogen-bond acceptors (Lipinski definition) is 3. The van der Waals surface area contributed by atoms with E-state index in [-0.39, 0.29) is 0 Å². The van der Waals surface area contributed by atoms with Crippen molar-refractivity contribution in [3.05, 3.63) is 30.3 Å². The van der Waals surface area contributed by atoms with E-state index in [2.05, 4.69) is 4.99 Å². The van der Waals surface area contributed by atoms with E-state index in [0.717, 1.165) is 10.1 Å². The lowest BCUT2D eigenvalue weighted by Gasteiger charge is -1.81. The summed E-state index contributed by atoms with van der Waals surface area (Å²) in [4.78, 5) is 13.5. The van der Waals surface area contributed by atoms with Crippen molar-refractivity contribution in [2.45, 2.75) is 0 Å². The Morgan fingerprint density at radius 3 is 2.92 bits per heavy atom. The van der Waals surface area contributed by atoms with Gasteiger partial charge in [-0.15, -0.1) is 11.3 Å². The molecular formula is C9H5NOS. The van der Waals surface area contributed by atoms with Crippen LogP contribution in [0, 0.1) is 0 Å². The molecule has 2 nitrogen and oxygen atoms in total. The summed E-state index contributed by atoms with van der Waals surface area (Å²) >= 11 is 1.49. The molecule has 0 bridgehead atoms. The van der Waals surface area contributed by atoms with Gasteiger partial charge in [0.25, 0.3) is 0 Å².